The van der Waals surface area contributed by atoms with Gasteiger partial charge in [-0.3, -0.25) is 4.40 Å². The van der Waals surface area contributed by atoms with Gasteiger partial charge in [0.15, 0.2) is 17.3 Å². The van der Waals surface area contributed by atoms with Crippen LogP contribution < -0.4 is 0 Å². The van der Waals surface area contributed by atoms with Crippen molar-refractivity contribution in [2.75, 3.05) is 0 Å². The zero-order chi connectivity index (χ0) is 17.4. The van der Waals surface area contributed by atoms with Crippen molar-refractivity contribution in [3.05, 3.63) is 69.4 Å². The van der Waals surface area contributed by atoms with Gasteiger partial charge < -0.3 is 9.52 Å². The molecule has 1 aromatic carbocycles. The zero-order valence-corrected chi connectivity index (χ0v) is 15.9. The minimum atomic E-state index is 0.154. The molecule has 0 saturated carbocycles. The molecule has 0 aliphatic rings. The van der Waals surface area contributed by atoms with Crippen LogP contribution in [0.25, 0.3) is 17.1 Å². The lowest BCUT2D eigenvalue weighted by Crippen LogP contribution is -1.86. The lowest BCUT2D eigenvalue weighted by atomic mass is 10.2. The van der Waals surface area contributed by atoms with Crippen molar-refractivity contribution in [2.45, 2.75) is 0 Å². The Morgan fingerprint density at radius 2 is 1.96 bits per heavy atom. The number of pyridine rings is 1. The Kier molecular flexibility index (Phi) is 4.19. The van der Waals surface area contributed by atoms with Crippen LogP contribution in [0.15, 0.2) is 73.3 Å². The van der Waals surface area contributed by atoms with Crippen LogP contribution in [0.1, 0.15) is 5.56 Å². The molecule has 0 amide bonds. The lowest BCUT2D eigenvalue weighted by Gasteiger charge is -2.01. The number of aromatic hydroxyl groups is 1. The Balaban J connectivity index is 1.90. The number of benzene rings is 1. The molecule has 0 radical (unpaired) electrons. The van der Waals surface area contributed by atoms with Gasteiger partial charge in [-0.2, -0.15) is 0 Å². The number of furan rings is 1. The number of halogens is 2. The fraction of sp³-hybridized carbons (Fsp3) is 0. The van der Waals surface area contributed by atoms with Crippen molar-refractivity contribution < 1.29 is 9.52 Å². The van der Waals surface area contributed by atoms with Gasteiger partial charge >= 0.3 is 0 Å². The highest BCUT2D eigenvalue weighted by atomic mass is 79.9. The molecular weight excluding hydrogens is 450 g/mol. The van der Waals surface area contributed by atoms with E-state index in [1.807, 2.05) is 34.9 Å². The first kappa shape index (κ1) is 16.1. The summed E-state index contributed by atoms with van der Waals surface area (Å²) in [5.74, 6) is 1.40. The molecule has 3 heterocycles. The van der Waals surface area contributed by atoms with E-state index < -0.39 is 0 Å². The Labute approximate surface area is 159 Å². The highest BCUT2D eigenvalue weighted by molar-refractivity contribution is 9.10. The second-order valence-corrected chi connectivity index (χ2v) is 7.13. The third-order valence-electron chi connectivity index (χ3n) is 3.63. The average molecular weight is 461 g/mol. The smallest absolute Gasteiger partial charge is 0.168 e. The Hall–Kier alpha value is -2.38. The van der Waals surface area contributed by atoms with Crippen LogP contribution in [0.5, 0.6) is 5.75 Å². The molecule has 0 spiro atoms. The molecule has 1 N–H and O–H groups in total. The second-order valence-electron chi connectivity index (χ2n) is 5.30. The van der Waals surface area contributed by atoms with Crippen molar-refractivity contribution in [1.82, 2.24) is 9.38 Å². The summed E-state index contributed by atoms with van der Waals surface area (Å²) in [7, 11) is 0. The van der Waals surface area contributed by atoms with E-state index in [1.54, 1.807) is 30.7 Å². The van der Waals surface area contributed by atoms with Crippen molar-refractivity contribution in [2.24, 2.45) is 4.99 Å². The number of phenols is 1. The number of hydrogen-bond donors (Lipinski definition) is 1. The summed E-state index contributed by atoms with van der Waals surface area (Å²) in [5.41, 5.74) is 1.98. The largest absolute Gasteiger partial charge is 0.507 e. The van der Waals surface area contributed by atoms with Gasteiger partial charge in [-0.05, 0) is 58.4 Å². The summed E-state index contributed by atoms with van der Waals surface area (Å²) in [4.78, 5) is 9.19. The van der Waals surface area contributed by atoms with Crippen molar-refractivity contribution in [1.29, 1.82) is 0 Å². The quantitative estimate of drug-likeness (QED) is 0.406. The fourth-order valence-corrected chi connectivity index (χ4v) is 3.18. The van der Waals surface area contributed by atoms with Crippen LogP contribution in [0.4, 0.5) is 5.82 Å². The monoisotopic (exact) mass is 459 g/mol. The Morgan fingerprint density at radius 3 is 2.76 bits per heavy atom. The molecule has 0 aliphatic heterocycles. The number of fused-ring (bicyclic) bond motifs is 1. The molecule has 0 aliphatic carbocycles. The molecule has 0 bridgehead atoms. The number of hydrogen-bond acceptors (Lipinski definition) is 4. The summed E-state index contributed by atoms with van der Waals surface area (Å²) < 4.78 is 9.13. The topological polar surface area (TPSA) is 63.0 Å². The molecule has 0 unspecified atom stereocenters. The van der Waals surface area contributed by atoms with E-state index in [1.165, 1.54) is 0 Å². The first-order valence-corrected chi connectivity index (χ1v) is 8.94. The molecular formula is C18H11Br2N3O2. The van der Waals surface area contributed by atoms with Crippen molar-refractivity contribution in [3.63, 3.8) is 0 Å². The lowest BCUT2D eigenvalue weighted by molar-refractivity contribution is 0.474. The molecule has 4 rings (SSSR count). The molecule has 7 heteroatoms. The minimum Gasteiger partial charge on any atom is -0.507 e. The summed E-state index contributed by atoms with van der Waals surface area (Å²) in [6.45, 7) is 0. The second kappa shape index (κ2) is 6.50. The number of aliphatic imine (C=N–C) groups is 1. The molecule has 0 atom stereocenters. The van der Waals surface area contributed by atoms with Gasteiger partial charge in [-0.1, -0.05) is 15.9 Å². The summed E-state index contributed by atoms with van der Waals surface area (Å²) in [6.07, 6.45) is 5.10. The molecule has 3 aromatic heterocycles. The highest BCUT2D eigenvalue weighted by Crippen LogP contribution is 2.32. The summed E-state index contributed by atoms with van der Waals surface area (Å²) >= 11 is 6.87. The predicted octanol–water partition coefficient (Wildman–Crippen LogP) is 5.58. The van der Waals surface area contributed by atoms with Crippen LogP contribution in [-0.2, 0) is 0 Å². The normalized spacial score (nSPS) is 11.6. The maximum Gasteiger partial charge on any atom is 0.168 e. The van der Waals surface area contributed by atoms with Crippen LogP contribution in [-0.4, -0.2) is 20.7 Å². The van der Waals surface area contributed by atoms with Crippen molar-refractivity contribution >= 4 is 49.5 Å². The third-order valence-corrected chi connectivity index (χ3v) is 4.59. The van der Waals surface area contributed by atoms with Gasteiger partial charge in [0.05, 0.1) is 6.26 Å². The van der Waals surface area contributed by atoms with E-state index in [0.717, 1.165) is 14.6 Å². The molecule has 25 heavy (non-hydrogen) atoms. The first-order valence-electron chi connectivity index (χ1n) is 7.36. The van der Waals surface area contributed by atoms with E-state index in [0.29, 0.717) is 22.8 Å². The average Bonchev–Trinajstić information content (AvgIpc) is 3.23. The van der Waals surface area contributed by atoms with E-state index >= 15 is 0 Å². The molecule has 124 valence electrons. The third kappa shape index (κ3) is 3.12. The van der Waals surface area contributed by atoms with Gasteiger partial charge in [-0.15, -0.1) is 0 Å². The van der Waals surface area contributed by atoms with Gasteiger partial charge in [0, 0.05) is 26.9 Å². The van der Waals surface area contributed by atoms with Gasteiger partial charge in [0.25, 0.3) is 0 Å². The van der Waals surface area contributed by atoms with Crippen LogP contribution in [0.3, 0.4) is 0 Å². The predicted molar refractivity (Wildman–Crippen MR) is 104 cm³/mol. The summed E-state index contributed by atoms with van der Waals surface area (Å²) in [5, 5.41) is 10.0. The summed E-state index contributed by atoms with van der Waals surface area (Å²) in [6, 6.07) is 12.6. The number of imidazole rings is 1. The standard InChI is InChI=1S/C18H11Br2N3O2/c19-12-3-5-14(24)11(8-12)9-21-18-17(15-2-1-7-25-15)22-16-6-4-13(20)10-23(16)18/h1-10,24H. The number of nitrogens with zero attached hydrogens (tertiary/aromatic N) is 3. The maximum absolute atomic E-state index is 10.0. The maximum atomic E-state index is 10.0. The van der Waals surface area contributed by atoms with Gasteiger partial charge in [-0.25, -0.2) is 9.98 Å². The van der Waals surface area contributed by atoms with Crippen LogP contribution >= 0.6 is 31.9 Å². The molecule has 0 saturated heterocycles. The molecule has 5 nitrogen and oxygen atoms in total. The van der Waals surface area contributed by atoms with Gasteiger partial charge in [0.2, 0.25) is 0 Å². The fourth-order valence-electron chi connectivity index (χ4n) is 2.47. The SMILES string of the molecule is Oc1ccc(Br)cc1C=Nc1c(-c2ccco2)nc2ccc(Br)cn12. The number of rotatable bonds is 3. The van der Waals surface area contributed by atoms with E-state index in [2.05, 4.69) is 41.8 Å². The van der Waals surface area contributed by atoms with Gasteiger partial charge in [0.1, 0.15) is 11.4 Å². The number of aromatic nitrogens is 2. The van der Waals surface area contributed by atoms with Crippen LogP contribution in [0, 0.1) is 0 Å². The Morgan fingerprint density at radius 1 is 1.12 bits per heavy atom. The van der Waals surface area contributed by atoms with Crippen LogP contribution in [0.2, 0.25) is 0 Å². The molecule has 4 aromatic rings. The van der Waals surface area contributed by atoms with E-state index in [4.69, 9.17) is 4.42 Å². The zero-order valence-electron chi connectivity index (χ0n) is 12.7. The van der Waals surface area contributed by atoms with E-state index in [9.17, 15) is 5.11 Å². The van der Waals surface area contributed by atoms with E-state index in [-0.39, 0.29) is 5.75 Å². The number of phenolic OH excluding ortho intramolecular Hbond substituents is 1. The highest BCUT2D eigenvalue weighted by Gasteiger charge is 2.15. The Bertz CT molecular complexity index is 1090. The first-order chi connectivity index (χ1) is 12.1. The molecule has 0 fully saturated rings. The van der Waals surface area contributed by atoms with Crippen molar-refractivity contribution in [3.8, 4) is 17.2 Å². The minimum absolute atomic E-state index is 0.154.